The van der Waals surface area contributed by atoms with E-state index in [9.17, 15) is 4.39 Å². The minimum absolute atomic E-state index is 0.0115. The molecular weight excluding hydrogens is 532 g/mol. The number of ether oxygens (including phenoxy) is 1. The second-order valence-electron chi connectivity index (χ2n) is 11.3. The van der Waals surface area contributed by atoms with Crippen LogP contribution in [-0.4, -0.2) is 72.5 Å². The van der Waals surface area contributed by atoms with Gasteiger partial charge in [-0.05, 0) is 61.2 Å². The summed E-state index contributed by atoms with van der Waals surface area (Å²) in [6.45, 7) is 3.44. The normalized spacial score (nSPS) is 21.9. The zero-order valence-electron chi connectivity index (χ0n) is 22.3. The summed E-state index contributed by atoms with van der Waals surface area (Å²) >= 11 is 6.84. The van der Waals surface area contributed by atoms with E-state index in [1.54, 1.807) is 6.07 Å². The maximum atomic E-state index is 16.6. The zero-order valence-corrected chi connectivity index (χ0v) is 23.0. The van der Waals surface area contributed by atoms with E-state index in [0.717, 1.165) is 62.6 Å². The first-order valence-electron chi connectivity index (χ1n) is 14.2. The number of hydrogen-bond donors (Lipinski definition) is 1. The summed E-state index contributed by atoms with van der Waals surface area (Å²) in [7, 11) is 0. The molecule has 3 saturated heterocycles. The molecule has 0 spiro atoms. The van der Waals surface area contributed by atoms with Crippen molar-refractivity contribution in [1.29, 1.82) is 0 Å². The zero-order chi connectivity index (χ0) is 27.2. The van der Waals surface area contributed by atoms with Crippen molar-refractivity contribution < 1.29 is 13.5 Å². The number of likely N-dealkylation sites (tertiary alicyclic amines) is 1. The van der Waals surface area contributed by atoms with Gasteiger partial charge >= 0.3 is 6.01 Å². The Morgan fingerprint density at radius 2 is 1.75 bits per heavy atom. The van der Waals surface area contributed by atoms with Gasteiger partial charge in [-0.3, -0.25) is 0 Å². The van der Waals surface area contributed by atoms with Gasteiger partial charge in [0.1, 0.15) is 24.1 Å². The van der Waals surface area contributed by atoms with Crippen molar-refractivity contribution in [3.8, 4) is 17.1 Å². The molecule has 3 atom stereocenters. The second-order valence-corrected chi connectivity index (χ2v) is 11.7. The van der Waals surface area contributed by atoms with Crippen LogP contribution < -0.4 is 15.0 Å². The SMILES string of the molecule is Fc1c(-c2cccc3ccccc23)c(Cl)cc2c(N3C[C@H]4CC[C@@H](C3)N4)nc(OC[C@@H](F)CN3CCCC3)nc12. The molecule has 3 aromatic carbocycles. The molecule has 6 nitrogen and oxygen atoms in total. The predicted molar refractivity (Wildman–Crippen MR) is 156 cm³/mol. The van der Waals surface area contributed by atoms with Gasteiger partial charge in [0.25, 0.3) is 0 Å². The summed E-state index contributed by atoms with van der Waals surface area (Å²) in [6, 6.07) is 16.1. The molecular formula is C31H32ClF2N5O. The van der Waals surface area contributed by atoms with E-state index >= 15 is 4.39 Å². The molecule has 9 heteroatoms. The third-order valence-corrected chi connectivity index (χ3v) is 8.76. The lowest BCUT2D eigenvalue weighted by Crippen LogP contribution is -2.51. The van der Waals surface area contributed by atoms with Crippen LogP contribution in [0.1, 0.15) is 25.7 Å². The fourth-order valence-electron chi connectivity index (χ4n) is 6.59. The monoisotopic (exact) mass is 563 g/mol. The van der Waals surface area contributed by atoms with E-state index in [0.29, 0.717) is 46.0 Å². The van der Waals surface area contributed by atoms with Gasteiger partial charge < -0.3 is 19.9 Å². The number of nitrogens with one attached hydrogen (secondary N) is 1. The van der Waals surface area contributed by atoms with Crippen LogP contribution >= 0.6 is 11.6 Å². The number of anilines is 1. The summed E-state index contributed by atoms with van der Waals surface area (Å²) in [4.78, 5) is 13.5. The van der Waals surface area contributed by atoms with Crippen LogP contribution in [0.25, 0.3) is 32.8 Å². The number of hydrogen-bond acceptors (Lipinski definition) is 6. The van der Waals surface area contributed by atoms with E-state index in [2.05, 4.69) is 20.1 Å². The molecule has 0 aliphatic carbocycles. The number of benzene rings is 3. The van der Waals surface area contributed by atoms with E-state index in [1.807, 2.05) is 42.5 Å². The molecule has 2 bridgehead atoms. The average Bonchev–Trinajstić information content (AvgIpc) is 3.60. The van der Waals surface area contributed by atoms with Crippen LogP contribution in [0.15, 0.2) is 48.5 Å². The van der Waals surface area contributed by atoms with Crippen molar-refractivity contribution >= 4 is 39.1 Å². The Hall–Kier alpha value is -3.07. The Morgan fingerprint density at radius 1 is 1.00 bits per heavy atom. The lowest BCUT2D eigenvalue weighted by molar-refractivity contribution is 0.144. The summed E-state index contributed by atoms with van der Waals surface area (Å²) < 4.78 is 37.2. The van der Waals surface area contributed by atoms with Gasteiger partial charge in [-0.1, -0.05) is 54.1 Å². The summed E-state index contributed by atoms with van der Waals surface area (Å²) in [5, 5.41) is 6.35. The molecule has 208 valence electrons. The lowest BCUT2D eigenvalue weighted by Gasteiger charge is -2.34. The van der Waals surface area contributed by atoms with Crippen molar-refractivity contribution in [2.24, 2.45) is 0 Å². The van der Waals surface area contributed by atoms with Crippen LogP contribution in [0.3, 0.4) is 0 Å². The minimum atomic E-state index is -1.18. The topological polar surface area (TPSA) is 53.5 Å². The molecule has 3 aliphatic rings. The quantitative estimate of drug-likeness (QED) is 0.298. The third-order valence-electron chi connectivity index (χ3n) is 8.47. The van der Waals surface area contributed by atoms with Crippen LogP contribution in [0.5, 0.6) is 6.01 Å². The lowest BCUT2D eigenvalue weighted by atomic mass is 9.96. The van der Waals surface area contributed by atoms with Crippen LogP contribution in [0.2, 0.25) is 5.02 Å². The highest BCUT2D eigenvalue weighted by atomic mass is 35.5. The summed E-state index contributed by atoms with van der Waals surface area (Å²) in [5.41, 5.74) is 1.12. The number of halogens is 3. The molecule has 0 amide bonds. The maximum Gasteiger partial charge on any atom is 0.319 e. The fourth-order valence-corrected chi connectivity index (χ4v) is 6.88. The van der Waals surface area contributed by atoms with Gasteiger partial charge in [-0.2, -0.15) is 9.97 Å². The standard InChI is InChI=1S/C31H32ClF2N5O/c32-26-14-25-29(28(34)27(26)24-9-5-7-19-6-1-2-8-23(19)24)36-31(40-18-20(33)15-38-12-3-4-13-38)37-30(25)39-16-21-10-11-22(17-39)35-21/h1-2,5-9,14,20-22,35H,3-4,10-13,15-18H2/t20-,21-,22+/m0/s1. The number of rotatable bonds is 7. The van der Waals surface area contributed by atoms with Crippen molar-refractivity contribution in [3.63, 3.8) is 0 Å². The van der Waals surface area contributed by atoms with E-state index in [1.165, 1.54) is 0 Å². The van der Waals surface area contributed by atoms with E-state index in [4.69, 9.17) is 21.3 Å². The van der Waals surface area contributed by atoms with Gasteiger partial charge in [0.2, 0.25) is 0 Å². The number of alkyl halides is 1. The molecule has 3 fully saturated rings. The first-order valence-corrected chi connectivity index (χ1v) is 14.6. The third kappa shape index (κ3) is 4.86. The van der Waals surface area contributed by atoms with Gasteiger partial charge in [-0.15, -0.1) is 0 Å². The molecule has 4 heterocycles. The Morgan fingerprint density at radius 3 is 2.55 bits per heavy atom. The Kier molecular flexibility index (Phi) is 6.94. The Bertz CT molecular complexity index is 1550. The first kappa shape index (κ1) is 25.9. The van der Waals surface area contributed by atoms with E-state index in [-0.39, 0.29) is 18.1 Å². The first-order chi connectivity index (χ1) is 19.5. The largest absolute Gasteiger partial charge is 0.460 e. The molecule has 40 heavy (non-hydrogen) atoms. The van der Waals surface area contributed by atoms with Crippen molar-refractivity contribution in [2.45, 2.75) is 43.9 Å². The maximum absolute atomic E-state index is 16.6. The number of nitrogens with zero attached hydrogens (tertiary/aromatic N) is 4. The molecule has 7 rings (SSSR count). The predicted octanol–water partition coefficient (Wildman–Crippen LogP) is 6.00. The minimum Gasteiger partial charge on any atom is -0.460 e. The van der Waals surface area contributed by atoms with Crippen LogP contribution in [-0.2, 0) is 0 Å². The Labute approximate surface area is 237 Å². The van der Waals surface area contributed by atoms with Gasteiger partial charge in [-0.25, -0.2) is 8.78 Å². The van der Waals surface area contributed by atoms with Gasteiger partial charge in [0, 0.05) is 42.7 Å². The summed E-state index contributed by atoms with van der Waals surface area (Å²) in [5.74, 6) is 0.0537. The molecule has 0 saturated carbocycles. The highest BCUT2D eigenvalue weighted by Crippen LogP contribution is 2.41. The smallest absolute Gasteiger partial charge is 0.319 e. The van der Waals surface area contributed by atoms with Crippen molar-refractivity contribution in [2.75, 3.05) is 44.2 Å². The fraction of sp³-hybridized carbons (Fsp3) is 0.419. The highest BCUT2D eigenvalue weighted by Gasteiger charge is 2.34. The number of piperazine rings is 1. The second kappa shape index (κ2) is 10.7. The molecule has 0 unspecified atom stereocenters. The van der Waals surface area contributed by atoms with Crippen LogP contribution in [0, 0.1) is 5.82 Å². The number of aromatic nitrogens is 2. The van der Waals surface area contributed by atoms with Crippen molar-refractivity contribution in [3.05, 3.63) is 59.4 Å². The molecule has 4 aromatic rings. The Balaban J connectivity index is 1.31. The molecule has 3 aliphatic heterocycles. The molecule has 0 radical (unpaired) electrons. The number of fused-ring (bicyclic) bond motifs is 4. The highest BCUT2D eigenvalue weighted by molar-refractivity contribution is 6.35. The average molecular weight is 564 g/mol. The summed E-state index contributed by atoms with van der Waals surface area (Å²) in [6.07, 6.45) is 3.19. The molecule has 1 aromatic heterocycles. The molecule has 1 N–H and O–H groups in total. The van der Waals surface area contributed by atoms with Crippen molar-refractivity contribution in [1.82, 2.24) is 20.2 Å². The van der Waals surface area contributed by atoms with E-state index < -0.39 is 12.0 Å². The van der Waals surface area contributed by atoms with Gasteiger partial charge in [0.05, 0.1) is 5.02 Å². The van der Waals surface area contributed by atoms with Gasteiger partial charge in [0.15, 0.2) is 5.82 Å². The van der Waals surface area contributed by atoms with Crippen LogP contribution in [0.4, 0.5) is 14.6 Å².